The fourth-order valence-corrected chi connectivity index (χ4v) is 2.22. The molecule has 0 spiro atoms. The van der Waals surface area contributed by atoms with Crippen molar-refractivity contribution in [2.45, 2.75) is 26.5 Å². The molecule has 2 rings (SSSR count). The van der Waals surface area contributed by atoms with Crippen LogP contribution in [-0.2, 0) is 6.54 Å². The minimum absolute atomic E-state index is 0.233. The highest BCUT2D eigenvalue weighted by atomic mass is 35.5. The second kappa shape index (κ2) is 6.24. The van der Waals surface area contributed by atoms with Gasteiger partial charge in [0.25, 0.3) is 0 Å². The van der Waals surface area contributed by atoms with Crippen LogP contribution in [0.2, 0.25) is 5.02 Å². The monoisotopic (exact) mass is 309 g/mol. The minimum Gasteiger partial charge on any atom is -0.483 e. The summed E-state index contributed by atoms with van der Waals surface area (Å²) in [5, 5.41) is 7.72. The second-order valence-corrected chi connectivity index (χ2v) is 5.25. The maximum absolute atomic E-state index is 6.00. The molecule has 1 unspecified atom stereocenters. The smallest absolute Gasteiger partial charge is 0.195 e. The maximum atomic E-state index is 6.00. The van der Waals surface area contributed by atoms with Crippen molar-refractivity contribution in [2.24, 2.45) is 0 Å². The quantitative estimate of drug-likeness (QED) is 0.664. The lowest BCUT2D eigenvalue weighted by atomic mass is 10.2. The first-order valence-electron chi connectivity index (χ1n) is 6.21. The van der Waals surface area contributed by atoms with Crippen LogP contribution in [0.3, 0.4) is 0 Å². The molecule has 0 aliphatic heterocycles. The fraction of sp³-hybridized carbons (Fsp3) is 0.286. The molecular weight excluding hydrogens is 294 g/mol. The first-order chi connectivity index (χ1) is 9.52. The number of aromatic amines is 1. The summed E-state index contributed by atoms with van der Waals surface area (Å²) in [6.07, 6.45) is 1.54. The average molecular weight is 310 g/mol. The first-order valence-corrected chi connectivity index (χ1v) is 7.00. The van der Waals surface area contributed by atoms with Crippen LogP contribution in [0, 0.1) is 11.7 Å². The Morgan fingerprint density at radius 3 is 3.00 bits per heavy atom. The Bertz CT molecular complexity index is 677. The zero-order valence-electron chi connectivity index (χ0n) is 11.4. The highest BCUT2D eigenvalue weighted by Gasteiger charge is 2.15. The van der Waals surface area contributed by atoms with Gasteiger partial charge in [0, 0.05) is 11.6 Å². The van der Waals surface area contributed by atoms with Crippen molar-refractivity contribution in [3.05, 3.63) is 52.0 Å². The van der Waals surface area contributed by atoms with E-state index in [1.165, 1.54) is 0 Å². The molecule has 6 heteroatoms. The third kappa shape index (κ3) is 3.11. The van der Waals surface area contributed by atoms with E-state index in [1.54, 1.807) is 6.08 Å². The predicted octanol–water partition coefficient (Wildman–Crippen LogP) is 4.23. The van der Waals surface area contributed by atoms with E-state index in [1.807, 2.05) is 36.6 Å². The number of aryl methyl sites for hydroxylation is 1. The molecule has 0 fully saturated rings. The lowest BCUT2D eigenvalue weighted by molar-refractivity contribution is 0.211. The molecule has 0 bridgehead atoms. The minimum atomic E-state index is -0.233. The van der Waals surface area contributed by atoms with E-state index in [2.05, 4.69) is 16.8 Å². The van der Waals surface area contributed by atoms with Gasteiger partial charge in [0.2, 0.25) is 0 Å². The number of H-pyrrole nitrogens is 1. The number of aromatic nitrogens is 3. The van der Waals surface area contributed by atoms with E-state index in [4.69, 9.17) is 28.6 Å². The van der Waals surface area contributed by atoms with Crippen LogP contribution in [0.25, 0.3) is 0 Å². The third-order valence-corrected chi connectivity index (χ3v) is 3.64. The lowest BCUT2D eigenvalue weighted by Gasteiger charge is -2.15. The molecule has 0 amide bonds. The van der Waals surface area contributed by atoms with Crippen molar-refractivity contribution in [1.82, 2.24) is 14.8 Å². The zero-order valence-corrected chi connectivity index (χ0v) is 13.0. The number of halogens is 1. The van der Waals surface area contributed by atoms with Gasteiger partial charge in [-0.2, -0.15) is 5.10 Å². The van der Waals surface area contributed by atoms with Gasteiger partial charge in [0.15, 0.2) is 16.7 Å². The van der Waals surface area contributed by atoms with Crippen LogP contribution in [0.15, 0.2) is 30.9 Å². The van der Waals surface area contributed by atoms with Crippen molar-refractivity contribution < 1.29 is 4.74 Å². The Balaban J connectivity index is 2.23. The third-order valence-electron chi connectivity index (χ3n) is 2.91. The summed E-state index contributed by atoms with van der Waals surface area (Å²) < 4.78 is 8.31. The van der Waals surface area contributed by atoms with Crippen molar-refractivity contribution in [1.29, 1.82) is 0 Å². The number of ether oxygens (including phenoxy) is 1. The molecule has 2 aromatic rings. The molecule has 20 heavy (non-hydrogen) atoms. The van der Waals surface area contributed by atoms with Crippen LogP contribution in [0.1, 0.15) is 24.4 Å². The highest BCUT2D eigenvalue weighted by molar-refractivity contribution is 7.71. The van der Waals surface area contributed by atoms with E-state index >= 15 is 0 Å². The molecule has 0 aliphatic rings. The van der Waals surface area contributed by atoms with Gasteiger partial charge in [-0.25, -0.2) is 0 Å². The molecular formula is C14H16ClN3OS. The molecule has 1 atom stereocenters. The van der Waals surface area contributed by atoms with Crippen molar-refractivity contribution in [3.63, 3.8) is 0 Å². The standard InChI is InChI=1S/C14H16ClN3OS/c1-4-7-18-13(16-17-14(18)20)10(3)19-11-5-6-12(15)9(2)8-11/h4-6,8,10H,1,7H2,2-3H3,(H,17,20). The average Bonchev–Trinajstić information content (AvgIpc) is 2.76. The molecule has 0 radical (unpaired) electrons. The molecule has 1 aromatic heterocycles. The van der Waals surface area contributed by atoms with E-state index in [0.29, 0.717) is 11.3 Å². The topological polar surface area (TPSA) is 42.8 Å². The molecule has 0 aliphatic carbocycles. The Labute approximate surface area is 128 Å². The molecule has 1 aromatic carbocycles. The summed E-state index contributed by atoms with van der Waals surface area (Å²) in [5.41, 5.74) is 0.973. The number of hydrogen-bond acceptors (Lipinski definition) is 3. The van der Waals surface area contributed by atoms with E-state index in [9.17, 15) is 0 Å². The Kier molecular flexibility index (Phi) is 4.62. The molecule has 0 saturated heterocycles. The van der Waals surface area contributed by atoms with Crippen molar-refractivity contribution >= 4 is 23.8 Å². The van der Waals surface area contributed by atoms with Crippen molar-refractivity contribution in [3.8, 4) is 5.75 Å². The lowest BCUT2D eigenvalue weighted by Crippen LogP contribution is -2.11. The van der Waals surface area contributed by atoms with E-state index < -0.39 is 0 Å². The van der Waals surface area contributed by atoms with Crippen molar-refractivity contribution in [2.75, 3.05) is 0 Å². The van der Waals surface area contributed by atoms with Gasteiger partial charge >= 0.3 is 0 Å². The Morgan fingerprint density at radius 1 is 1.60 bits per heavy atom. The van der Waals surface area contributed by atoms with Crippen LogP contribution < -0.4 is 4.74 Å². The van der Waals surface area contributed by atoms with Gasteiger partial charge < -0.3 is 4.74 Å². The maximum Gasteiger partial charge on any atom is 0.195 e. The number of nitrogens with zero attached hydrogens (tertiary/aromatic N) is 2. The normalized spacial score (nSPS) is 12.2. The predicted molar refractivity (Wildman–Crippen MR) is 82.8 cm³/mol. The summed E-state index contributed by atoms with van der Waals surface area (Å²) in [6, 6.07) is 5.56. The van der Waals surface area contributed by atoms with Crippen LogP contribution in [0.5, 0.6) is 5.75 Å². The molecule has 4 nitrogen and oxygen atoms in total. The summed E-state index contributed by atoms with van der Waals surface area (Å²) in [7, 11) is 0. The van der Waals surface area contributed by atoms with Crippen LogP contribution in [0.4, 0.5) is 0 Å². The largest absolute Gasteiger partial charge is 0.483 e. The number of rotatable bonds is 5. The second-order valence-electron chi connectivity index (χ2n) is 4.46. The van der Waals surface area contributed by atoms with Gasteiger partial charge in [-0.3, -0.25) is 9.67 Å². The summed E-state index contributed by atoms with van der Waals surface area (Å²) in [5.74, 6) is 1.49. The van der Waals surface area contributed by atoms with E-state index in [-0.39, 0.29) is 6.10 Å². The first kappa shape index (κ1) is 14.8. The van der Waals surface area contributed by atoms with Gasteiger partial charge in [0.1, 0.15) is 5.75 Å². The summed E-state index contributed by atoms with van der Waals surface area (Å²) >= 11 is 11.2. The fourth-order valence-electron chi connectivity index (χ4n) is 1.89. The number of hydrogen-bond donors (Lipinski definition) is 1. The number of benzene rings is 1. The molecule has 1 heterocycles. The van der Waals surface area contributed by atoms with E-state index in [0.717, 1.165) is 22.2 Å². The van der Waals surface area contributed by atoms with Gasteiger partial charge in [0.05, 0.1) is 0 Å². The van der Waals surface area contributed by atoms with Gasteiger partial charge in [-0.15, -0.1) is 6.58 Å². The van der Waals surface area contributed by atoms with Crippen LogP contribution in [-0.4, -0.2) is 14.8 Å². The Morgan fingerprint density at radius 2 is 2.35 bits per heavy atom. The number of allylic oxidation sites excluding steroid dienone is 1. The summed E-state index contributed by atoms with van der Waals surface area (Å²) in [6.45, 7) is 8.18. The van der Waals surface area contributed by atoms with Gasteiger partial charge in [-0.05, 0) is 49.8 Å². The number of nitrogens with one attached hydrogen (secondary N) is 1. The van der Waals surface area contributed by atoms with Gasteiger partial charge in [-0.1, -0.05) is 17.7 Å². The zero-order chi connectivity index (χ0) is 14.7. The van der Waals surface area contributed by atoms with Crippen LogP contribution >= 0.6 is 23.8 Å². The molecule has 0 saturated carbocycles. The summed E-state index contributed by atoms with van der Waals surface area (Å²) in [4.78, 5) is 0. The molecule has 1 N–H and O–H groups in total. The highest BCUT2D eigenvalue weighted by Crippen LogP contribution is 2.25. The Hall–Kier alpha value is -1.59. The SMILES string of the molecule is C=CCn1c(C(C)Oc2ccc(Cl)c(C)c2)n[nH]c1=S. The molecule has 106 valence electrons.